The Balaban J connectivity index is 1.73. The van der Waals surface area contributed by atoms with E-state index in [-0.39, 0.29) is 30.2 Å². The van der Waals surface area contributed by atoms with Gasteiger partial charge in [0.1, 0.15) is 12.4 Å². The van der Waals surface area contributed by atoms with Gasteiger partial charge >= 0.3 is 0 Å². The lowest BCUT2D eigenvalue weighted by atomic mass is 10.1. The number of nitrogens with one attached hydrogen (secondary N) is 2. The minimum atomic E-state index is -0.506. The Hall–Kier alpha value is -2.96. The van der Waals surface area contributed by atoms with E-state index in [1.165, 1.54) is 29.0 Å². The summed E-state index contributed by atoms with van der Waals surface area (Å²) < 4.78 is 14.0. The van der Waals surface area contributed by atoms with Crippen LogP contribution in [-0.4, -0.2) is 16.4 Å². The summed E-state index contributed by atoms with van der Waals surface area (Å²) in [6, 6.07) is 10.4. The molecule has 0 saturated carbocycles. The fraction of sp³-hybridized carbons (Fsp3) is 0.188. The van der Waals surface area contributed by atoms with Crippen molar-refractivity contribution in [3.63, 3.8) is 0 Å². The first-order valence-corrected chi connectivity index (χ1v) is 7.02. The number of hydrogen-bond acceptors (Lipinski definition) is 3. The second-order valence-corrected chi connectivity index (χ2v) is 4.89. The maximum atomic E-state index is 12.8. The first-order chi connectivity index (χ1) is 11.0. The van der Waals surface area contributed by atoms with Crippen LogP contribution in [0.15, 0.2) is 53.5 Å². The Bertz CT molecular complexity index is 741. The van der Waals surface area contributed by atoms with E-state index in [1.54, 1.807) is 24.3 Å². The summed E-state index contributed by atoms with van der Waals surface area (Å²) in [4.78, 5) is 34.7. The predicted molar refractivity (Wildman–Crippen MR) is 81.7 cm³/mol. The highest BCUT2D eigenvalue weighted by atomic mass is 19.1. The van der Waals surface area contributed by atoms with E-state index in [4.69, 9.17) is 0 Å². The molecule has 0 saturated heterocycles. The van der Waals surface area contributed by atoms with Gasteiger partial charge in [-0.05, 0) is 30.2 Å². The van der Waals surface area contributed by atoms with Crippen molar-refractivity contribution in [3.05, 3.63) is 70.4 Å². The topological polar surface area (TPSA) is 80.2 Å². The smallest absolute Gasteiger partial charge is 0.258 e. The standard InChI is InChI=1S/C16H16FN3O3/c17-13-7-4-12(5-8-13)6-9-14(21)18-19-15(22)11-20-10-2-1-3-16(20)23/h1-5,7-8,10H,6,9,11H2,(H,18,21)(H,19,22). The van der Waals surface area contributed by atoms with Gasteiger partial charge in [0.25, 0.3) is 11.5 Å². The van der Waals surface area contributed by atoms with Crippen LogP contribution in [0.5, 0.6) is 0 Å². The number of hydrogen-bond donors (Lipinski definition) is 2. The van der Waals surface area contributed by atoms with Crippen LogP contribution in [0.3, 0.4) is 0 Å². The summed E-state index contributed by atoms with van der Waals surface area (Å²) in [7, 11) is 0. The number of benzene rings is 1. The lowest BCUT2D eigenvalue weighted by molar-refractivity contribution is -0.129. The number of halogens is 1. The van der Waals surface area contributed by atoms with Crippen LogP contribution in [0.1, 0.15) is 12.0 Å². The molecule has 0 spiro atoms. The van der Waals surface area contributed by atoms with Gasteiger partial charge in [-0.25, -0.2) is 4.39 Å². The molecular weight excluding hydrogens is 301 g/mol. The summed E-state index contributed by atoms with van der Waals surface area (Å²) in [6.45, 7) is -0.183. The Labute approximate surface area is 131 Å². The van der Waals surface area contributed by atoms with E-state index >= 15 is 0 Å². The third kappa shape index (κ3) is 5.39. The zero-order valence-electron chi connectivity index (χ0n) is 12.3. The maximum Gasteiger partial charge on any atom is 0.258 e. The Morgan fingerprint density at radius 2 is 1.70 bits per heavy atom. The van der Waals surface area contributed by atoms with E-state index in [1.807, 2.05) is 0 Å². The molecule has 120 valence electrons. The average molecular weight is 317 g/mol. The van der Waals surface area contributed by atoms with Crippen molar-refractivity contribution in [1.29, 1.82) is 0 Å². The summed E-state index contributed by atoms with van der Waals surface area (Å²) in [6.07, 6.45) is 2.07. The second-order valence-electron chi connectivity index (χ2n) is 4.89. The summed E-state index contributed by atoms with van der Waals surface area (Å²) in [5.41, 5.74) is 5.04. The van der Waals surface area contributed by atoms with Crippen LogP contribution >= 0.6 is 0 Å². The van der Waals surface area contributed by atoms with Crippen molar-refractivity contribution in [1.82, 2.24) is 15.4 Å². The maximum absolute atomic E-state index is 12.8. The molecule has 2 N–H and O–H groups in total. The molecule has 1 heterocycles. The first-order valence-electron chi connectivity index (χ1n) is 7.02. The molecule has 0 fully saturated rings. The van der Waals surface area contributed by atoms with Gasteiger partial charge < -0.3 is 4.57 Å². The molecule has 23 heavy (non-hydrogen) atoms. The molecule has 2 amide bonds. The van der Waals surface area contributed by atoms with Crippen LogP contribution < -0.4 is 16.4 Å². The van der Waals surface area contributed by atoms with Gasteiger partial charge in [0.05, 0.1) is 0 Å². The number of aryl methyl sites for hydroxylation is 1. The second kappa shape index (κ2) is 7.88. The largest absolute Gasteiger partial charge is 0.306 e. The van der Waals surface area contributed by atoms with Gasteiger partial charge in [-0.2, -0.15) is 0 Å². The van der Waals surface area contributed by atoms with Gasteiger partial charge in [0, 0.05) is 18.7 Å². The van der Waals surface area contributed by atoms with E-state index in [2.05, 4.69) is 10.9 Å². The van der Waals surface area contributed by atoms with Crippen LogP contribution in [0, 0.1) is 5.82 Å². The molecule has 6 nitrogen and oxygen atoms in total. The number of rotatable bonds is 5. The SMILES string of the molecule is O=C(CCc1ccc(F)cc1)NNC(=O)Cn1ccccc1=O. The lowest BCUT2D eigenvalue weighted by Crippen LogP contribution is -2.44. The highest BCUT2D eigenvalue weighted by Gasteiger charge is 2.06. The number of pyridine rings is 1. The molecular formula is C16H16FN3O3. The highest BCUT2D eigenvalue weighted by Crippen LogP contribution is 2.05. The normalized spacial score (nSPS) is 10.1. The minimum Gasteiger partial charge on any atom is -0.306 e. The fourth-order valence-electron chi connectivity index (χ4n) is 1.90. The van der Waals surface area contributed by atoms with Gasteiger partial charge in [-0.15, -0.1) is 0 Å². The number of carbonyl (C=O) groups excluding carboxylic acids is 2. The van der Waals surface area contributed by atoms with Crippen molar-refractivity contribution in [2.24, 2.45) is 0 Å². The van der Waals surface area contributed by atoms with Crippen molar-refractivity contribution in [3.8, 4) is 0 Å². The van der Waals surface area contributed by atoms with Gasteiger partial charge in [-0.1, -0.05) is 18.2 Å². The molecule has 0 atom stereocenters. The molecule has 7 heteroatoms. The van der Waals surface area contributed by atoms with Gasteiger partial charge in [-0.3, -0.25) is 25.2 Å². The number of aromatic nitrogens is 1. The van der Waals surface area contributed by atoms with Crippen LogP contribution in [-0.2, 0) is 22.6 Å². The fourth-order valence-corrected chi connectivity index (χ4v) is 1.90. The molecule has 2 aromatic rings. The van der Waals surface area contributed by atoms with E-state index in [0.717, 1.165) is 5.56 Å². The molecule has 0 bridgehead atoms. The van der Waals surface area contributed by atoms with Crippen LogP contribution in [0.2, 0.25) is 0 Å². The number of carbonyl (C=O) groups is 2. The van der Waals surface area contributed by atoms with Gasteiger partial charge in [0.2, 0.25) is 5.91 Å². The molecule has 0 aliphatic carbocycles. The van der Waals surface area contributed by atoms with E-state index in [0.29, 0.717) is 6.42 Å². The van der Waals surface area contributed by atoms with Crippen molar-refractivity contribution in [2.75, 3.05) is 0 Å². The van der Waals surface area contributed by atoms with Crippen molar-refractivity contribution < 1.29 is 14.0 Å². The van der Waals surface area contributed by atoms with Gasteiger partial charge in [0.15, 0.2) is 0 Å². The van der Waals surface area contributed by atoms with E-state index < -0.39 is 5.91 Å². The third-order valence-electron chi connectivity index (χ3n) is 3.11. The number of hydrazine groups is 1. The molecule has 0 radical (unpaired) electrons. The zero-order valence-corrected chi connectivity index (χ0v) is 12.3. The Morgan fingerprint density at radius 1 is 1.00 bits per heavy atom. The number of nitrogens with zero attached hydrogens (tertiary/aromatic N) is 1. The number of amides is 2. The predicted octanol–water partition coefficient (Wildman–Crippen LogP) is 0.768. The Morgan fingerprint density at radius 3 is 2.39 bits per heavy atom. The van der Waals surface area contributed by atoms with Crippen molar-refractivity contribution >= 4 is 11.8 Å². The molecule has 0 unspecified atom stereocenters. The summed E-state index contributed by atoms with van der Waals surface area (Å²) in [5.74, 6) is -1.21. The molecule has 1 aromatic heterocycles. The Kier molecular flexibility index (Phi) is 5.62. The summed E-state index contributed by atoms with van der Waals surface area (Å²) >= 11 is 0. The minimum absolute atomic E-state index is 0.150. The molecule has 0 aliphatic rings. The third-order valence-corrected chi connectivity index (χ3v) is 3.11. The van der Waals surface area contributed by atoms with Crippen LogP contribution in [0.25, 0.3) is 0 Å². The quantitative estimate of drug-likeness (QED) is 0.799. The molecule has 0 aliphatic heterocycles. The molecule has 2 rings (SSSR count). The first kappa shape index (κ1) is 16.4. The molecule has 1 aromatic carbocycles. The zero-order chi connectivity index (χ0) is 16.7. The van der Waals surface area contributed by atoms with Crippen molar-refractivity contribution in [2.45, 2.75) is 19.4 Å². The highest BCUT2D eigenvalue weighted by molar-refractivity contribution is 5.81. The lowest BCUT2D eigenvalue weighted by Gasteiger charge is -2.08. The summed E-state index contributed by atoms with van der Waals surface area (Å²) in [5, 5.41) is 0. The van der Waals surface area contributed by atoms with E-state index in [9.17, 15) is 18.8 Å². The van der Waals surface area contributed by atoms with Crippen LogP contribution in [0.4, 0.5) is 4.39 Å². The average Bonchev–Trinajstić information content (AvgIpc) is 2.54. The monoisotopic (exact) mass is 317 g/mol.